The van der Waals surface area contributed by atoms with Crippen LogP contribution in [0, 0.1) is 0 Å². The third kappa shape index (κ3) is 14.2. The molecular formula is C32H50ClIN2O2. The summed E-state index contributed by atoms with van der Waals surface area (Å²) in [6.07, 6.45) is 21.1. The Morgan fingerprint density at radius 1 is 0.816 bits per heavy atom. The second-order valence-corrected chi connectivity index (χ2v) is 10.7. The van der Waals surface area contributed by atoms with Crippen molar-refractivity contribution in [1.29, 1.82) is 0 Å². The van der Waals surface area contributed by atoms with Gasteiger partial charge in [0.15, 0.2) is 12.4 Å². The van der Waals surface area contributed by atoms with Crippen LogP contribution in [0.5, 0.6) is 5.75 Å². The Morgan fingerprint density at radius 3 is 1.95 bits per heavy atom. The van der Waals surface area contributed by atoms with Crippen molar-refractivity contribution < 1.29 is 38.1 Å². The first-order chi connectivity index (χ1) is 18.0. The van der Waals surface area contributed by atoms with Gasteiger partial charge in [0.1, 0.15) is 12.3 Å². The zero-order valence-corrected chi connectivity index (χ0v) is 26.9. The summed E-state index contributed by atoms with van der Waals surface area (Å²) in [5.41, 5.74) is 2.07. The summed E-state index contributed by atoms with van der Waals surface area (Å²) in [7, 11) is 0. The average molecular weight is 657 g/mol. The lowest BCUT2D eigenvalue weighted by molar-refractivity contribution is -0.697. The molecule has 0 aliphatic carbocycles. The topological polar surface area (TPSA) is 33.4 Å². The maximum absolute atomic E-state index is 12.5. The van der Waals surface area contributed by atoms with Gasteiger partial charge in [0.05, 0.1) is 11.6 Å². The highest BCUT2D eigenvalue weighted by Crippen LogP contribution is 2.30. The molecule has 0 radical (unpaired) electrons. The van der Waals surface area contributed by atoms with Gasteiger partial charge in [-0.3, -0.25) is 4.79 Å². The zero-order chi connectivity index (χ0) is 26.7. The Labute approximate surface area is 254 Å². The van der Waals surface area contributed by atoms with Crippen LogP contribution in [0.15, 0.2) is 42.7 Å². The highest BCUT2D eigenvalue weighted by atomic mass is 127. The fraction of sp³-hybridized carbons (Fsp3) is 0.625. The second kappa shape index (κ2) is 21.5. The first-order valence-corrected chi connectivity index (χ1v) is 15.1. The van der Waals surface area contributed by atoms with Crippen LogP contribution in [-0.2, 0) is 24.4 Å². The molecule has 0 bridgehead atoms. The van der Waals surface area contributed by atoms with E-state index < -0.39 is 0 Å². The maximum Gasteiger partial charge on any atom is 0.220 e. The van der Waals surface area contributed by atoms with E-state index in [0.717, 1.165) is 30.5 Å². The Morgan fingerprint density at radius 2 is 1.39 bits per heavy atom. The van der Waals surface area contributed by atoms with E-state index in [2.05, 4.69) is 42.9 Å². The van der Waals surface area contributed by atoms with E-state index in [1.807, 2.05) is 23.1 Å². The molecule has 2 aromatic rings. The van der Waals surface area contributed by atoms with Gasteiger partial charge in [-0.25, -0.2) is 4.57 Å². The molecule has 0 saturated heterocycles. The van der Waals surface area contributed by atoms with Crippen LogP contribution in [0.25, 0.3) is 0 Å². The molecule has 38 heavy (non-hydrogen) atoms. The minimum Gasteiger partial charge on any atom is -1.00 e. The van der Waals surface area contributed by atoms with Gasteiger partial charge in [-0.2, -0.15) is 0 Å². The number of hydrogen-bond donors (Lipinski definition) is 0. The highest BCUT2D eigenvalue weighted by Gasteiger charge is 2.16. The molecule has 0 aliphatic rings. The first-order valence-electron chi connectivity index (χ1n) is 14.7. The number of carbonyl (C=O) groups excluding carboxylic acids is 1. The van der Waals surface area contributed by atoms with E-state index >= 15 is 0 Å². The van der Waals surface area contributed by atoms with Crippen LogP contribution >= 0.6 is 11.6 Å². The minimum atomic E-state index is 0. The first kappa shape index (κ1) is 34.7. The molecule has 0 N–H and O–H groups in total. The molecule has 6 heteroatoms. The lowest BCUT2D eigenvalue weighted by Crippen LogP contribution is -3.00. The standard InChI is InChI=1S/C32H50ClN2O2.HI/c1-4-6-7-8-9-10-11-12-13-14-15-16-25-37-32-30(18-17-19-31(32)33)27-35(28(3)36)26-29-20-23-34(22-5-2)24-21-29;/h17-21,23-24H,4-16,22,25-27H2,1-3H3;1H/q+1;/p-1. The number of amides is 1. The van der Waals surface area contributed by atoms with Crippen molar-refractivity contribution in [2.24, 2.45) is 0 Å². The SMILES string of the molecule is CCCCCCCCCCCCCCOc1c(Cl)cccc1CN(Cc1cc[n+](CCC)cc1)C(C)=O.[I-]. The largest absolute Gasteiger partial charge is 1.00 e. The molecule has 1 aromatic carbocycles. The van der Waals surface area contributed by atoms with Crippen molar-refractivity contribution in [2.45, 2.75) is 124 Å². The van der Waals surface area contributed by atoms with Crippen molar-refractivity contribution in [3.05, 3.63) is 58.9 Å². The fourth-order valence-corrected chi connectivity index (χ4v) is 4.91. The van der Waals surface area contributed by atoms with Crippen LogP contribution in [0.3, 0.4) is 0 Å². The number of para-hydroxylation sites is 1. The van der Waals surface area contributed by atoms with E-state index in [9.17, 15) is 4.79 Å². The monoisotopic (exact) mass is 656 g/mol. The number of nitrogens with zero attached hydrogens (tertiary/aromatic N) is 2. The molecule has 0 atom stereocenters. The van der Waals surface area contributed by atoms with Gasteiger partial charge < -0.3 is 33.6 Å². The van der Waals surface area contributed by atoms with E-state index in [1.165, 1.54) is 70.6 Å². The Balaban J connectivity index is 0.00000722. The van der Waals surface area contributed by atoms with Gasteiger partial charge in [0.25, 0.3) is 0 Å². The molecule has 0 fully saturated rings. The van der Waals surface area contributed by atoms with Crippen molar-refractivity contribution in [3.8, 4) is 5.75 Å². The summed E-state index contributed by atoms with van der Waals surface area (Å²) < 4.78 is 8.33. The number of halogens is 2. The lowest BCUT2D eigenvalue weighted by atomic mass is 10.1. The molecule has 0 spiro atoms. The summed E-state index contributed by atoms with van der Waals surface area (Å²) in [6, 6.07) is 10.00. The second-order valence-electron chi connectivity index (χ2n) is 10.3. The Hall–Kier alpha value is -1.34. The zero-order valence-electron chi connectivity index (χ0n) is 24.0. The molecule has 214 valence electrons. The third-order valence-corrected chi connectivity index (χ3v) is 7.21. The number of rotatable bonds is 20. The van der Waals surface area contributed by atoms with E-state index in [4.69, 9.17) is 16.3 Å². The van der Waals surface area contributed by atoms with Gasteiger partial charge in [0.2, 0.25) is 5.91 Å². The normalized spacial score (nSPS) is 10.7. The number of ether oxygens (including phenoxy) is 1. The molecule has 1 heterocycles. The molecule has 0 saturated carbocycles. The lowest BCUT2D eigenvalue weighted by Gasteiger charge is -2.23. The number of unbranched alkanes of at least 4 members (excludes halogenated alkanes) is 11. The van der Waals surface area contributed by atoms with Crippen molar-refractivity contribution >= 4 is 17.5 Å². The maximum atomic E-state index is 12.5. The predicted molar refractivity (Wildman–Crippen MR) is 155 cm³/mol. The van der Waals surface area contributed by atoms with E-state index in [-0.39, 0.29) is 29.9 Å². The highest BCUT2D eigenvalue weighted by molar-refractivity contribution is 6.32. The Bertz CT molecular complexity index is 892. The number of aryl methyl sites for hydroxylation is 1. The summed E-state index contributed by atoms with van der Waals surface area (Å²) in [4.78, 5) is 14.3. The average Bonchev–Trinajstić information content (AvgIpc) is 2.89. The minimum absolute atomic E-state index is 0. The van der Waals surface area contributed by atoms with Crippen LogP contribution in [0.2, 0.25) is 5.02 Å². The fourth-order valence-electron chi connectivity index (χ4n) is 4.66. The Kier molecular flexibility index (Phi) is 19.6. The van der Waals surface area contributed by atoms with Crippen LogP contribution < -0.4 is 33.3 Å². The molecule has 2 rings (SSSR count). The summed E-state index contributed by atoms with van der Waals surface area (Å²) in [6.45, 7) is 8.76. The molecule has 4 nitrogen and oxygen atoms in total. The number of carbonyl (C=O) groups is 1. The van der Waals surface area contributed by atoms with Crippen molar-refractivity contribution in [2.75, 3.05) is 6.61 Å². The number of pyridine rings is 1. The van der Waals surface area contributed by atoms with Gasteiger partial charge in [-0.05, 0) is 18.1 Å². The summed E-state index contributed by atoms with van der Waals surface area (Å²) in [5.74, 6) is 0.754. The van der Waals surface area contributed by atoms with E-state index in [1.54, 1.807) is 6.92 Å². The van der Waals surface area contributed by atoms with E-state index in [0.29, 0.717) is 30.5 Å². The van der Waals surface area contributed by atoms with Crippen molar-refractivity contribution in [3.63, 3.8) is 0 Å². The quantitative estimate of drug-likeness (QED) is 0.105. The van der Waals surface area contributed by atoms with Crippen LogP contribution in [-0.4, -0.2) is 17.4 Å². The molecular weight excluding hydrogens is 607 g/mol. The molecule has 1 amide bonds. The van der Waals surface area contributed by atoms with Crippen LogP contribution in [0.1, 0.15) is 115 Å². The van der Waals surface area contributed by atoms with Crippen LogP contribution in [0.4, 0.5) is 0 Å². The van der Waals surface area contributed by atoms with Gasteiger partial charge in [-0.1, -0.05) is 108 Å². The summed E-state index contributed by atoms with van der Waals surface area (Å²) in [5, 5.41) is 0.611. The van der Waals surface area contributed by atoms with Gasteiger partial charge in [0, 0.05) is 44.1 Å². The third-order valence-electron chi connectivity index (χ3n) is 6.91. The number of aromatic nitrogens is 1. The predicted octanol–water partition coefficient (Wildman–Crippen LogP) is 5.67. The molecule has 1 aromatic heterocycles. The van der Waals surface area contributed by atoms with Gasteiger partial charge in [-0.15, -0.1) is 0 Å². The smallest absolute Gasteiger partial charge is 0.220 e. The number of hydrogen-bond acceptors (Lipinski definition) is 2. The molecule has 0 unspecified atom stereocenters. The summed E-state index contributed by atoms with van der Waals surface area (Å²) >= 11 is 6.52. The molecule has 0 aliphatic heterocycles. The van der Waals surface area contributed by atoms with Crippen molar-refractivity contribution in [1.82, 2.24) is 4.90 Å². The number of benzene rings is 1. The van der Waals surface area contributed by atoms with Gasteiger partial charge >= 0.3 is 0 Å².